The van der Waals surface area contributed by atoms with Crippen molar-refractivity contribution in [3.63, 3.8) is 0 Å². The average Bonchev–Trinajstić information content (AvgIpc) is 1.80. The summed E-state index contributed by atoms with van der Waals surface area (Å²) in [6.07, 6.45) is 0. The lowest BCUT2D eigenvalue weighted by Crippen LogP contribution is -1.77. The summed E-state index contributed by atoms with van der Waals surface area (Å²) < 4.78 is 0. The van der Waals surface area contributed by atoms with Crippen LogP contribution in [-0.2, 0) is 0 Å². The van der Waals surface area contributed by atoms with Crippen molar-refractivity contribution < 1.29 is 0 Å². The lowest BCUT2D eigenvalue weighted by Gasteiger charge is -1.96. The summed E-state index contributed by atoms with van der Waals surface area (Å²) in [6.45, 7) is 5.80. The van der Waals surface area contributed by atoms with Crippen LogP contribution in [0.2, 0.25) is 5.02 Å². The quantitative estimate of drug-likeness (QED) is 0.519. The third-order valence-electron chi connectivity index (χ3n) is 1.30. The van der Waals surface area contributed by atoms with Gasteiger partial charge in [0.2, 0.25) is 0 Å². The normalized spacial score (nSPS) is 9.67. The molecule has 0 bridgehead atoms. The average molecular weight is 140 g/mol. The van der Waals surface area contributed by atoms with Crippen LogP contribution in [0.25, 0.3) is 0 Å². The highest BCUT2D eigenvalue weighted by atomic mass is 35.5. The van der Waals surface area contributed by atoms with Crippen LogP contribution < -0.4 is 0 Å². The van der Waals surface area contributed by atoms with Crippen LogP contribution in [0.15, 0.2) is 18.2 Å². The van der Waals surface area contributed by atoms with Crippen LogP contribution >= 0.6 is 11.6 Å². The summed E-state index contributed by atoms with van der Waals surface area (Å²) in [5.74, 6) is 0. The Morgan fingerprint density at radius 2 is 2.11 bits per heavy atom. The first kappa shape index (κ1) is 6.63. The molecule has 0 N–H and O–H groups in total. The van der Waals surface area contributed by atoms with E-state index in [1.165, 1.54) is 0 Å². The molecule has 1 aromatic carbocycles. The van der Waals surface area contributed by atoms with Gasteiger partial charge in [0.1, 0.15) is 0 Å². The number of hydrogen-bond donors (Lipinski definition) is 0. The van der Waals surface area contributed by atoms with E-state index in [4.69, 9.17) is 11.6 Å². The Morgan fingerprint density at radius 1 is 1.44 bits per heavy atom. The van der Waals surface area contributed by atoms with Crippen LogP contribution in [0.4, 0.5) is 0 Å². The van der Waals surface area contributed by atoms with E-state index in [9.17, 15) is 0 Å². The summed E-state index contributed by atoms with van der Waals surface area (Å²) >= 11 is 5.69. The van der Waals surface area contributed by atoms with E-state index in [2.05, 4.69) is 6.92 Å². The molecule has 0 heterocycles. The van der Waals surface area contributed by atoms with Gasteiger partial charge in [-0.2, -0.15) is 0 Å². The van der Waals surface area contributed by atoms with Gasteiger partial charge in [-0.15, -0.1) is 0 Å². The molecule has 1 radical (unpaired) electrons. The molecule has 0 unspecified atom stereocenters. The van der Waals surface area contributed by atoms with Crippen molar-refractivity contribution in [2.75, 3.05) is 0 Å². The number of benzene rings is 1. The Labute approximate surface area is 60.5 Å². The first-order valence-electron chi connectivity index (χ1n) is 2.78. The van der Waals surface area contributed by atoms with E-state index in [1.807, 2.05) is 25.1 Å². The molecule has 0 saturated carbocycles. The lowest BCUT2D eigenvalue weighted by molar-refractivity contribution is 1.42. The molecule has 0 aliphatic carbocycles. The fourth-order valence-electron chi connectivity index (χ4n) is 0.659. The van der Waals surface area contributed by atoms with Gasteiger partial charge >= 0.3 is 0 Å². The Balaban J connectivity index is 3.17. The molecule has 0 aliphatic heterocycles. The molecular weight excluding hydrogens is 132 g/mol. The van der Waals surface area contributed by atoms with E-state index < -0.39 is 0 Å². The molecule has 1 rings (SSSR count). The van der Waals surface area contributed by atoms with E-state index in [-0.39, 0.29) is 0 Å². The summed E-state index contributed by atoms with van der Waals surface area (Å²) in [4.78, 5) is 0. The second-order valence-electron chi connectivity index (χ2n) is 2.07. The molecule has 0 fully saturated rings. The predicted molar refractivity (Wildman–Crippen MR) is 40.6 cm³/mol. The topological polar surface area (TPSA) is 0 Å². The molecule has 0 aliphatic rings. The fraction of sp³-hybridized carbons (Fsp3) is 0.125. The predicted octanol–water partition coefficient (Wildman–Crippen LogP) is 2.83. The number of halogens is 1. The van der Waals surface area contributed by atoms with Crippen LogP contribution in [-0.4, -0.2) is 0 Å². The van der Waals surface area contributed by atoms with Crippen molar-refractivity contribution in [1.29, 1.82) is 0 Å². The van der Waals surface area contributed by atoms with E-state index >= 15 is 0 Å². The zero-order chi connectivity index (χ0) is 6.85. The SMILES string of the molecule is [CH2]c1ccc(Cl)cc1C. The maximum atomic E-state index is 5.69. The molecule has 1 heteroatoms. The highest BCUT2D eigenvalue weighted by Gasteiger charge is 1.90. The lowest BCUT2D eigenvalue weighted by atomic mass is 10.1. The molecule has 0 nitrogen and oxygen atoms in total. The van der Waals surface area contributed by atoms with Gasteiger partial charge < -0.3 is 0 Å². The highest BCUT2D eigenvalue weighted by molar-refractivity contribution is 6.30. The minimum Gasteiger partial charge on any atom is -0.0843 e. The van der Waals surface area contributed by atoms with Gasteiger partial charge in [0, 0.05) is 5.02 Å². The highest BCUT2D eigenvalue weighted by Crippen LogP contribution is 2.13. The number of rotatable bonds is 0. The Bertz CT molecular complexity index is 216. The van der Waals surface area contributed by atoms with Crippen LogP contribution in [0.1, 0.15) is 11.1 Å². The molecule has 0 spiro atoms. The molecule has 9 heavy (non-hydrogen) atoms. The zero-order valence-corrected chi connectivity index (χ0v) is 6.07. The van der Waals surface area contributed by atoms with E-state index in [1.54, 1.807) is 0 Å². The molecule has 47 valence electrons. The zero-order valence-electron chi connectivity index (χ0n) is 5.32. The van der Waals surface area contributed by atoms with Crippen molar-refractivity contribution in [2.45, 2.75) is 6.92 Å². The molecule has 0 atom stereocenters. The van der Waals surface area contributed by atoms with Crippen molar-refractivity contribution in [3.05, 3.63) is 41.3 Å². The second kappa shape index (κ2) is 2.40. The Hall–Kier alpha value is -0.490. The standard InChI is InChI=1S/C8H8Cl/c1-6-3-4-8(9)5-7(6)2/h3-5H,1H2,2H3. The smallest absolute Gasteiger partial charge is 0.0408 e. The molecule has 0 aromatic heterocycles. The number of hydrogen-bond acceptors (Lipinski definition) is 0. The molecule has 0 saturated heterocycles. The molecular formula is C8H8Cl. The van der Waals surface area contributed by atoms with Crippen LogP contribution in [0, 0.1) is 13.8 Å². The third-order valence-corrected chi connectivity index (χ3v) is 1.54. The fourth-order valence-corrected chi connectivity index (χ4v) is 0.886. The van der Waals surface area contributed by atoms with E-state index in [0.29, 0.717) is 0 Å². The first-order chi connectivity index (χ1) is 4.20. The van der Waals surface area contributed by atoms with Gasteiger partial charge in [0.15, 0.2) is 0 Å². The van der Waals surface area contributed by atoms with Crippen molar-refractivity contribution in [1.82, 2.24) is 0 Å². The van der Waals surface area contributed by atoms with Gasteiger partial charge in [-0.25, -0.2) is 0 Å². The molecule has 1 aromatic rings. The minimum absolute atomic E-state index is 0.778. The maximum Gasteiger partial charge on any atom is 0.0408 e. The molecule has 0 amide bonds. The Morgan fingerprint density at radius 3 is 2.56 bits per heavy atom. The second-order valence-corrected chi connectivity index (χ2v) is 2.51. The van der Waals surface area contributed by atoms with Gasteiger partial charge in [0.05, 0.1) is 0 Å². The maximum absolute atomic E-state index is 5.69. The monoisotopic (exact) mass is 139 g/mol. The van der Waals surface area contributed by atoms with Gasteiger partial charge in [0.25, 0.3) is 0 Å². The number of aryl methyl sites for hydroxylation is 1. The summed E-state index contributed by atoms with van der Waals surface area (Å²) in [5.41, 5.74) is 2.18. The summed E-state index contributed by atoms with van der Waals surface area (Å²) in [5, 5.41) is 0.778. The van der Waals surface area contributed by atoms with Gasteiger partial charge in [-0.1, -0.05) is 17.7 Å². The summed E-state index contributed by atoms with van der Waals surface area (Å²) in [6, 6.07) is 5.67. The largest absolute Gasteiger partial charge is 0.0843 e. The van der Waals surface area contributed by atoms with E-state index in [0.717, 1.165) is 16.1 Å². The summed E-state index contributed by atoms with van der Waals surface area (Å²) in [7, 11) is 0. The third kappa shape index (κ3) is 1.46. The van der Waals surface area contributed by atoms with Gasteiger partial charge in [-0.05, 0) is 37.1 Å². The Kier molecular flexibility index (Phi) is 1.77. The minimum atomic E-state index is 0.778. The van der Waals surface area contributed by atoms with Crippen molar-refractivity contribution >= 4 is 11.6 Å². The van der Waals surface area contributed by atoms with Crippen LogP contribution in [0.3, 0.4) is 0 Å². The van der Waals surface area contributed by atoms with Gasteiger partial charge in [-0.3, -0.25) is 0 Å². The first-order valence-corrected chi connectivity index (χ1v) is 3.16. The van der Waals surface area contributed by atoms with Crippen LogP contribution in [0.5, 0.6) is 0 Å². The van der Waals surface area contributed by atoms with Crippen molar-refractivity contribution in [2.24, 2.45) is 0 Å². The van der Waals surface area contributed by atoms with Crippen molar-refractivity contribution in [3.8, 4) is 0 Å².